The first-order valence-corrected chi connectivity index (χ1v) is 9.84. The highest BCUT2D eigenvalue weighted by molar-refractivity contribution is 6.02. The van der Waals surface area contributed by atoms with Crippen molar-refractivity contribution in [2.75, 3.05) is 6.61 Å². The average Bonchev–Trinajstić information content (AvgIpc) is 2.99. The van der Waals surface area contributed by atoms with Crippen LogP contribution in [-0.4, -0.2) is 30.3 Å². The highest BCUT2D eigenvalue weighted by Gasteiger charge is 2.56. The van der Waals surface area contributed by atoms with Crippen molar-refractivity contribution in [3.8, 4) is 0 Å². The summed E-state index contributed by atoms with van der Waals surface area (Å²) >= 11 is 0. The van der Waals surface area contributed by atoms with Crippen molar-refractivity contribution in [2.45, 2.75) is 46.2 Å². The van der Waals surface area contributed by atoms with Gasteiger partial charge in [-0.05, 0) is 55.7 Å². The first-order chi connectivity index (χ1) is 13.2. The summed E-state index contributed by atoms with van der Waals surface area (Å²) in [6, 6.07) is 0. The normalized spacial score (nSPS) is 38.5. The summed E-state index contributed by atoms with van der Waals surface area (Å²) in [6.07, 6.45) is 9.51. The number of ketones is 2. The first-order valence-electron chi connectivity index (χ1n) is 9.84. The van der Waals surface area contributed by atoms with Crippen molar-refractivity contribution in [3.63, 3.8) is 0 Å². The summed E-state index contributed by atoms with van der Waals surface area (Å²) < 4.78 is 20.0. The lowest BCUT2D eigenvalue weighted by molar-refractivity contribution is -0.145. The van der Waals surface area contributed by atoms with E-state index in [-0.39, 0.29) is 35.4 Å². The van der Waals surface area contributed by atoms with Gasteiger partial charge in [0, 0.05) is 23.3 Å². The Balaban J connectivity index is 1.67. The first kappa shape index (κ1) is 19.0. The lowest BCUT2D eigenvalue weighted by Crippen LogP contribution is -2.46. The quantitative estimate of drug-likeness (QED) is 0.548. The number of Topliss-reactive ketones (excluding diaryl/α,β-unsaturated/α-hetero) is 1. The zero-order valence-electron chi connectivity index (χ0n) is 16.5. The molecule has 0 radical (unpaired) electrons. The Kier molecular flexibility index (Phi) is 4.32. The third kappa shape index (κ3) is 2.66. The fourth-order valence-electron chi connectivity index (χ4n) is 5.79. The van der Waals surface area contributed by atoms with Gasteiger partial charge in [0.05, 0.1) is 0 Å². The third-order valence-electron chi connectivity index (χ3n) is 7.22. The SMILES string of the molecule is CC(=O)OCC(=O)C1=CCC2C3CC(F)C4=CC(=O)C=C[C@]4(C)C3=CC[C@]12C. The number of hydrogen-bond acceptors (Lipinski definition) is 4. The molecule has 4 aliphatic rings. The minimum Gasteiger partial charge on any atom is -0.457 e. The fourth-order valence-corrected chi connectivity index (χ4v) is 5.79. The number of halogens is 1. The molecule has 1 fully saturated rings. The molecule has 5 heteroatoms. The van der Waals surface area contributed by atoms with E-state index < -0.39 is 17.6 Å². The van der Waals surface area contributed by atoms with Crippen LogP contribution in [0.3, 0.4) is 0 Å². The second-order valence-corrected chi connectivity index (χ2v) is 8.79. The molecule has 0 aromatic heterocycles. The van der Waals surface area contributed by atoms with Crippen LogP contribution in [0.5, 0.6) is 0 Å². The molecule has 5 atom stereocenters. The van der Waals surface area contributed by atoms with Crippen molar-refractivity contribution >= 4 is 17.5 Å². The van der Waals surface area contributed by atoms with Crippen molar-refractivity contribution in [2.24, 2.45) is 22.7 Å². The predicted molar refractivity (Wildman–Crippen MR) is 102 cm³/mol. The maximum Gasteiger partial charge on any atom is 0.303 e. The van der Waals surface area contributed by atoms with E-state index in [2.05, 4.69) is 13.0 Å². The Hall–Kier alpha value is -2.30. The number of fused-ring (bicyclic) bond motifs is 5. The van der Waals surface area contributed by atoms with Gasteiger partial charge >= 0.3 is 5.97 Å². The Morgan fingerprint density at radius 2 is 2.00 bits per heavy atom. The number of carbonyl (C=O) groups is 3. The van der Waals surface area contributed by atoms with E-state index in [0.29, 0.717) is 30.4 Å². The molecule has 3 unspecified atom stereocenters. The Bertz CT molecular complexity index is 892. The van der Waals surface area contributed by atoms with Crippen LogP contribution in [0.2, 0.25) is 0 Å². The molecule has 1 saturated carbocycles. The summed E-state index contributed by atoms with van der Waals surface area (Å²) in [7, 11) is 0. The molecular formula is C23H25FO4. The van der Waals surface area contributed by atoms with Crippen LogP contribution in [0.25, 0.3) is 0 Å². The van der Waals surface area contributed by atoms with Gasteiger partial charge in [-0.25, -0.2) is 4.39 Å². The summed E-state index contributed by atoms with van der Waals surface area (Å²) in [5.41, 5.74) is 1.48. The summed E-state index contributed by atoms with van der Waals surface area (Å²) in [5, 5.41) is 0. The maximum atomic E-state index is 15.1. The van der Waals surface area contributed by atoms with Crippen LogP contribution in [0.4, 0.5) is 4.39 Å². The van der Waals surface area contributed by atoms with E-state index in [4.69, 9.17) is 4.74 Å². The molecule has 4 nitrogen and oxygen atoms in total. The van der Waals surface area contributed by atoms with E-state index in [1.807, 2.05) is 19.1 Å². The molecule has 28 heavy (non-hydrogen) atoms. The van der Waals surface area contributed by atoms with E-state index in [0.717, 1.165) is 0 Å². The lowest BCUT2D eigenvalue weighted by atomic mass is 9.52. The van der Waals surface area contributed by atoms with E-state index >= 15 is 4.39 Å². The second-order valence-electron chi connectivity index (χ2n) is 8.79. The number of alkyl halides is 1. The number of rotatable bonds is 3. The molecule has 4 aliphatic carbocycles. The lowest BCUT2D eigenvalue weighted by Gasteiger charge is -2.52. The van der Waals surface area contributed by atoms with Crippen molar-refractivity contribution in [3.05, 3.63) is 47.1 Å². The monoisotopic (exact) mass is 384 g/mol. The maximum absolute atomic E-state index is 15.1. The molecule has 0 heterocycles. The zero-order valence-corrected chi connectivity index (χ0v) is 16.5. The number of ether oxygens (including phenoxy) is 1. The van der Waals surface area contributed by atoms with Crippen molar-refractivity contribution in [1.82, 2.24) is 0 Å². The standard InChI is InChI=1S/C23H25FO4/c1-13(25)28-12-21(27)18-5-4-16-15-11-20(24)19-10-14(26)6-8-23(19,3)17(15)7-9-22(16,18)2/h5-8,10,15-16,20H,4,9,11-12H2,1-3H3/t15?,16?,20?,22-,23+/m0/s1. The Labute approximate surface area is 164 Å². The molecule has 0 N–H and O–H groups in total. The molecule has 0 aromatic rings. The van der Waals surface area contributed by atoms with Crippen LogP contribution in [0.15, 0.2) is 47.1 Å². The second kappa shape index (κ2) is 6.36. The van der Waals surface area contributed by atoms with Crippen molar-refractivity contribution in [1.29, 1.82) is 0 Å². The highest BCUT2D eigenvalue weighted by Crippen LogP contribution is 2.62. The minimum atomic E-state index is -1.16. The van der Waals surface area contributed by atoms with Crippen LogP contribution < -0.4 is 0 Å². The third-order valence-corrected chi connectivity index (χ3v) is 7.22. The number of esters is 1. The smallest absolute Gasteiger partial charge is 0.303 e. The van der Waals surface area contributed by atoms with Crippen LogP contribution in [-0.2, 0) is 19.1 Å². The Morgan fingerprint density at radius 1 is 1.25 bits per heavy atom. The molecule has 0 bridgehead atoms. The molecule has 0 aliphatic heterocycles. The van der Waals surface area contributed by atoms with Gasteiger partial charge in [-0.1, -0.05) is 30.7 Å². The zero-order chi connectivity index (χ0) is 20.3. The van der Waals surface area contributed by atoms with Gasteiger partial charge in [0.1, 0.15) is 6.17 Å². The van der Waals surface area contributed by atoms with Gasteiger partial charge in [-0.3, -0.25) is 14.4 Å². The molecule has 0 amide bonds. The molecule has 4 rings (SSSR count). The van der Waals surface area contributed by atoms with E-state index in [9.17, 15) is 14.4 Å². The van der Waals surface area contributed by atoms with Crippen LogP contribution >= 0.6 is 0 Å². The van der Waals surface area contributed by atoms with Gasteiger partial charge in [-0.2, -0.15) is 0 Å². The fraction of sp³-hybridized carbons (Fsp3) is 0.522. The van der Waals surface area contributed by atoms with E-state index in [1.165, 1.54) is 24.6 Å². The molecule has 148 valence electrons. The summed E-state index contributed by atoms with van der Waals surface area (Å²) in [6.45, 7) is 5.10. The largest absolute Gasteiger partial charge is 0.457 e. The van der Waals surface area contributed by atoms with Gasteiger partial charge in [0.2, 0.25) is 0 Å². The molecule has 0 saturated heterocycles. The molecular weight excluding hydrogens is 359 g/mol. The summed E-state index contributed by atoms with van der Waals surface area (Å²) in [5.74, 6) is -0.649. The highest BCUT2D eigenvalue weighted by atomic mass is 19.1. The predicted octanol–water partition coefficient (Wildman–Crippen LogP) is 3.83. The topological polar surface area (TPSA) is 60.4 Å². The molecule has 0 aromatic carbocycles. The van der Waals surface area contributed by atoms with Crippen LogP contribution in [0.1, 0.15) is 40.0 Å². The number of carbonyl (C=O) groups excluding carboxylic acids is 3. The van der Waals surface area contributed by atoms with Gasteiger partial charge in [0.25, 0.3) is 0 Å². The van der Waals surface area contributed by atoms with Crippen molar-refractivity contribution < 1.29 is 23.5 Å². The van der Waals surface area contributed by atoms with Crippen LogP contribution in [0, 0.1) is 22.7 Å². The Morgan fingerprint density at radius 3 is 2.71 bits per heavy atom. The minimum absolute atomic E-state index is 0.0176. The number of hydrogen-bond donors (Lipinski definition) is 0. The van der Waals surface area contributed by atoms with Gasteiger partial charge in [-0.15, -0.1) is 0 Å². The average molecular weight is 384 g/mol. The number of allylic oxidation sites excluding steroid dienone is 7. The van der Waals surface area contributed by atoms with Gasteiger partial charge < -0.3 is 4.74 Å². The van der Waals surface area contributed by atoms with Gasteiger partial charge in [0.15, 0.2) is 18.2 Å². The summed E-state index contributed by atoms with van der Waals surface area (Å²) in [4.78, 5) is 35.5. The van der Waals surface area contributed by atoms with E-state index in [1.54, 1.807) is 0 Å². The molecule has 0 spiro atoms.